The molecule has 1 aromatic heterocycles. The zero-order valence-corrected chi connectivity index (χ0v) is 10.3. The van der Waals surface area contributed by atoms with Crippen molar-refractivity contribution in [2.75, 3.05) is 26.2 Å². The fourth-order valence-corrected chi connectivity index (χ4v) is 3.13. The number of hydrogen-bond donors (Lipinski definition) is 1. The quantitative estimate of drug-likeness (QED) is 0.849. The predicted molar refractivity (Wildman–Crippen MR) is 66.5 cm³/mol. The molecule has 2 aliphatic rings. The summed E-state index contributed by atoms with van der Waals surface area (Å²) in [6.45, 7) is 6.40. The maximum Gasteiger partial charge on any atom is 0.121 e. The fraction of sp³-hybridized carbons (Fsp3) is 0.692. The van der Waals surface area contributed by atoms with E-state index in [2.05, 4.69) is 15.9 Å². The van der Waals surface area contributed by atoms with E-state index in [0.29, 0.717) is 6.54 Å². The Labute approximate surface area is 102 Å². The van der Waals surface area contributed by atoms with Gasteiger partial charge in [0.1, 0.15) is 5.76 Å². The van der Waals surface area contributed by atoms with Crippen LogP contribution in [0, 0.1) is 0 Å². The summed E-state index contributed by atoms with van der Waals surface area (Å²) >= 11 is 0. The lowest BCUT2D eigenvalue weighted by Crippen LogP contribution is -2.49. The Morgan fingerprint density at radius 3 is 3.18 bits per heavy atom. The number of nitrogens with zero attached hydrogens (tertiary/aromatic N) is 2. The number of furan rings is 1. The molecule has 1 aromatic rings. The first-order chi connectivity index (χ1) is 8.36. The number of fused-ring (bicyclic) bond motifs is 1. The van der Waals surface area contributed by atoms with Gasteiger partial charge in [0.2, 0.25) is 0 Å². The third kappa shape index (κ3) is 2.25. The topological polar surface area (TPSA) is 45.6 Å². The van der Waals surface area contributed by atoms with Gasteiger partial charge in [0.15, 0.2) is 0 Å². The maximum absolute atomic E-state index is 5.67. The molecule has 1 atom stereocenters. The molecule has 4 heteroatoms. The van der Waals surface area contributed by atoms with Gasteiger partial charge < -0.3 is 10.2 Å². The van der Waals surface area contributed by atoms with Crippen molar-refractivity contribution in [3.05, 3.63) is 23.7 Å². The van der Waals surface area contributed by atoms with Gasteiger partial charge in [-0.05, 0) is 25.5 Å². The molecule has 0 bridgehead atoms. The van der Waals surface area contributed by atoms with Crippen LogP contribution in [0.15, 0.2) is 16.7 Å². The summed E-state index contributed by atoms with van der Waals surface area (Å²) in [4.78, 5) is 5.17. The molecule has 2 saturated heterocycles. The Morgan fingerprint density at radius 2 is 2.29 bits per heavy atom. The van der Waals surface area contributed by atoms with E-state index in [9.17, 15) is 0 Å². The molecule has 17 heavy (non-hydrogen) atoms. The van der Waals surface area contributed by atoms with Crippen LogP contribution in [0.3, 0.4) is 0 Å². The summed E-state index contributed by atoms with van der Waals surface area (Å²) in [7, 11) is 0. The lowest BCUT2D eigenvalue weighted by molar-refractivity contribution is 0.0989. The summed E-state index contributed by atoms with van der Waals surface area (Å²) in [5.41, 5.74) is 6.93. The Balaban J connectivity index is 1.62. The Bertz CT molecular complexity index is 376. The van der Waals surface area contributed by atoms with Crippen molar-refractivity contribution >= 4 is 0 Å². The van der Waals surface area contributed by atoms with Gasteiger partial charge in [-0.2, -0.15) is 0 Å². The summed E-state index contributed by atoms with van der Waals surface area (Å²) in [6, 6.07) is 2.85. The maximum atomic E-state index is 5.67. The minimum atomic E-state index is 0.506. The van der Waals surface area contributed by atoms with Crippen molar-refractivity contribution in [2.24, 2.45) is 5.73 Å². The molecule has 0 saturated carbocycles. The second-order valence-electron chi connectivity index (χ2n) is 5.14. The van der Waals surface area contributed by atoms with Crippen LogP contribution in [0.5, 0.6) is 0 Å². The van der Waals surface area contributed by atoms with E-state index in [-0.39, 0.29) is 0 Å². The molecule has 2 fully saturated rings. The van der Waals surface area contributed by atoms with Gasteiger partial charge >= 0.3 is 0 Å². The van der Waals surface area contributed by atoms with Crippen LogP contribution in [0.1, 0.15) is 24.2 Å². The second-order valence-corrected chi connectivity index (χ2v) is 5.14. The predicted octanol–water partition coefficient (Wildman–Crippen LogP) is 1.02. The highest BCUT2D eigenvalue weighted by molar-refractivity contribution is 5.16. The first-order valence-electron chi connectivity index (χ1n) is 6.58. The highest BCUT2D eigenvalue weighted by Gasteiger charge is 2.30. The van der Waals surface area contributed by atoms with E-state index in [1.807, 2.05) is 0 Å². The molecule has 3 rings (SSSR count). The SMILES string of the molecule is NCc1occc1CN1CCN2CCCC2C1. The zero-order valence-electron chi connectivity index (χ0n) is 10.3. The molecule has 0 aliphatic carbocycles. The minimum Gasteiger partial charge on any atom is -0.468 e. The smallest absolute Gasteiger partial charge is 0.121 e. The van der Waals surface area contributed by atoms with Crippen molar-refractivity contribution in [3.8, 4) is 0 Å². The molecule has 0 radical (unpaired) electrons. The second kappa shape index (κ2) is 4.80. The van der Waals surface area contributed by atoms with E-state index in [1.54, 1.807) is 6.26 Å². The average molecular weight is 235 g/mol. The molecule has 94 valence electrons. The first-order valence-corrected chi connectivity index (χ1v) is 6.58. The monoisotopic (exact) mass is 235 g/mol. The fourth-order valence-electron chi connectivity index (χ4n) is 3.13. The summed E-state index contributed by atoms with van der Waals surface area (Å²) in [5.74, 6) is 0.943. The molecule has 3 heterocycles. The molecule has 4 nitrogen and oxygen atoms in total. The van der Waals surface area contributed by atoms with Crippen molar-refractivity contribution in [2.45, 2.75) is 32.0 Å². The average Bonchev–Trinajstić information content (AvgIpc) is 2.96. The van der Waals surface area contributed by atoms with Crippen LogP contribution in [0.4, 0.5) is 0 Å². The molecule has 0 amide bonds. The largest absolute Gasteiger partial charge is 0.468 e. The van der Waals surface area contributed by atoms with Crippen molar-refractivity contribution in [1.29, 1.82) is 0 Å². The number of hydrogen-bond acceptors (Lipinski definition) is 4. The van der Waals surface area contributed by atoms with E-state index in [0.717, 1.165) is 18.3 Å². The van der Waals surface area contributed by atoms with Crippen LogP contribution >= 0.6 is 0 Å². The van der Waals surface area contributed by atoms with Gasteiger partial charge in [-0.25, -0.2) is 0 Å². The highest BCUT2D eigenvalue weighted by Crippen LogP contribution is 2.23. The lowest BCUT2D eigenvalue weighted by Gasteiger charge is -2.37. The van der Waals surface area contributed by atoms with Crippen molar-refractivity contribution < 1.29 is 4.42 Å². The first kappa shape index (κ1) is 11.3. The van der Waals surface area contributed by atoms with Crippen LogP contribution in [0.2, 0.25) is 0 Å². The normalized spacial score (nSPS) is 26.3. The molecule has 1 unspecified atom stereocenters. The third-order valence-electron chi connectivity index (χ3n) is 4.09. The van der Waals surface area contributed by atoms with Crippen molar-refractivity contribution in [3.63, 3.8) is 0 Å². The van der Waals surface area contributed by atoms with Crippen LogP contribution in [-0.2, 0) is 13.1 Å². The molecule has 0 spiro atoms. The van der Waals surface area contributed by atoms with Gasteiger partial charge in [-0.1, -0.05) is 0 Å². The van der Waals surface area contributed by atoms with Gasteiger partial charge in [0, 0.05) is 37.8 Å². The molecule has 2 N–H and O–H groups in total. The lowest BCUT2D eigenvalue weighted by atomic mass is 10.1. The van der Waals surface area contributed by atoms with Gasteiger partial charge in [0.05, 0.1) is 12.8 Å². The van der Waals surface area contributed by atoms with Crippen LogP contribution in [0.25, 0.3) is 0 Å². The van der Waals surface area contributed by atoms with Crippen LogP contribution in [-0.4, -0.2) is 42.0 Å². The molecule has 2 aliphatic heterocycles. The molecular formula is C13H21N3O. The molecular weight excluding hydrogens is 214 g/mol. The van der Waals surface area contributed by atoms with E-state index in [4.69, 9.17) is 10.2 Å². The number of rotatable bonds is 3. The summed E-state index contributed by atoms with van der Waals surface area (Å²) < 4.78 is 5.38. The standard InChI is InChI=1S/C13H21N3O/c14-8-13-11(3-7-17-13)9-15-5-6-16-4-1-2-12(16)10-15/h3,7,12H,1-2,4-6,8-10,14H2. The third-order valence-corrected chi connectivity index (χ3v) is 4.09. The number of nitrogens with two attached hydrogens (primary N) is 1. The minimum absolute atomic E-state index is 0.506. The zero-order chi connectivity index (χ0) is 11.7. The highest BCUT2D eigenvalue weighted by atomic mass is 16.3. The van der Waals surface area contributed by atoms with E-state index in [1.165, 1.54) is 44.6 Å². The van der Waals surface area contributed by atoms with Gasteiger partial charge in [-0.3, -0.25) is 9.80 Å². The Morgan fingerprint density at radius 1 is 1.35 bits per heavy atom. The summed E-state index contributed by atoms with van der Waals surface area (Å²) in [5, 5.41) is 0. The van der Waals surface area contributed by atoms with Crippen LogP contribution < -0.4 is 5.73 Å². The van der Waals surface area contributed by atoms with Crippen molar-refractivity contribution in [1.82, 2.24) is 9.80 Å². The summed E-state index contributed by atoms with van der Waals surface area (Å²) in [6.07, 6.45) is 4.49. The van der Waals surface area contributed by atoms with Gasteiger partial charge in [-0.15, -0.1) is 0 Å². The van der Waals surface area contributed by atoms with E-state index >= 15 is 0 Å². The Kier molecular flexibility index (Phi) is 3.18. The number of piperazine rings is 1. The Hall–Kier alpha value is -0.840. The van der Waals surface area contributed by atoms with Gasteiger partial charge in [0.25, 0.3) is 0 Å². The molecule has 0 aromatic carbocycles. The van der Waals surface area contributed by atoms with E-state index < -0.39 is 0 Å².